The summed E-state index contributed by atoms with van der Waals surface area (Å²) in [5.41, 5.74) is 9.65. The van der Waals surface area contributed by atoms with Gasteiger partial charge in [0.25, 0.3) is 0 Å². The number of hydrogen-bond donors (Lipinski definition) is 1. The van der Waals surface area contributed by atoms with Gasteiger partial charge in [-0.3, -0.25) is 14.6 Å². The molecule has 2 atom stereocenters. The minimum Gasteiger partial charge on any atom is -0.488 e. The Bertz CT molecular complexity index is 1850. The zero-order valence-electron chi connectivity index (χ0n) is 31.5. The largest absolute Gasteiger partial charge is 0.488 e. The highest BCUT2D eigenvalue weighted by molar-refractivity contribution is 7.99. The molecule has 2 aliphatic rings. The fourth-order valence-corrected chi connectivity index (χ4v) is 8.95. The van der Waals surface area contributed by atoms with Gasteiger partial charge in [-0.1, -0.05) is 61.4 Å². The third kappa shape index (κ3) is 9.19. The molecule has 0 saturated carbocycles. The smallest absolute Gasteiger partial charge is 0.320 e. The molecule has 0 radical (unpaired) electrons. The van der Waals surface area contributed by atoms with Crippen LogP contribution in [0.1, 0.15) is 78.8 Å². The van der Waals surface area contributed by atoms with Crippen LogP contribution < -0.4 is 9.47 Å². The predicted molar refractivity (Wildman–Crippen MR) is 216 cm³/mol. The molecule has 6 rings (SSSR count). The van der Waals surface area contributed by atoms with Gasteiger partial charge in [0.1, 0.15) is 30.8 Å². The van der Waals surface area contributed by atoms with E-state index in [1.807, 2.05) is 6.07 Å². The molecule has 6 nitrogen and oxygen atoms in total. The molecule has 2 saturated heterocycles. The Balaban J connectivity index is 1.12. The summed E-state index contributed by atoms with van der Waals surface area (Å²) in [5.74, 6) is 1.07. The van der Waals surface area contributed by atoms with Gasteiger partial charge in [0.15, 0.2) is 0 Å². The van der Waals surface area contributed by atoms with Crippen molar-refractivity contribution in [1.29, 1.82) is 0 Å². The van der Waals surface area contributed by atoms with Gasteiger partial charge < -0.3 is 14.6 Å². The van der Waals surface area contributed by atoms with Crippen molar-refractivity contribution in [3.8, 4) is 22.6 Å². The second-order valence-corrected chi connectivity index (χ2v) is 16.1. The maximum Gasteiger partial charge on any atom is 0.320 e. The molecule has 0 bridgehead atoms. The van der Waals surface area contributed by atoms with Crippen molar-refractivity contribution in [2.45, 2.75) is 107 Å². The lowest BCUT2D eigenvalue weighted by atomic mass is 9.92. The molecule has 1 N–H and O–H groups in total. The van der Waals surface area contributed by atoms with Crippen LogP contribution >= 0.6 is 23.5 Å². The van der Waals surface area contributed by atoms with Crippen molar-refractivity contribution in [2.24, 2.45) is 0 Å². The summed E-state index contributed by atoms with van der Waals surface area (Å²) in [6, 6.07) is 26.2. The van der Waals surface area contributed by atoms with Crippen LogP contribution in [0.4, 0.5) is 0 Å². The van der Waals surface area contributed by atoms with E-state index >= 15 is 0 Å². The van der Waals surface area contributed by atoms with Gasteiger partial charge in [-0.2, -0.15) is 0 Å². The van der Waals surface area contributed by atoms with E-state index in [1.54, 1.807) is 23.5 Å². The maximum atomic E-state index is 11.8. The van der Waals surface area contributed by atoms with Gasteiger partial charge >= 0.3 is 5.97 Å². The first-order valence-corrected chi connectivity index (χ1v) is 21.2. The van der Waals surface area contributed by atoms with Crippen LogP contribution in [-0.4, -0.2) is 58.6 Å². The first kappa shape index (κ1) is 38.3. The fourth-order valence-electron chi connectivity index (χ4n) is 7.75. The molecule has 0 spiro atoms. The van der Waals surface area contributed by atoms with Gasteiger partial charge in [0.2, 0.25) is 0 Å². The molecule has 2 fully saturated rings. The molecule has 4 aromatic rings. The molecule has 0 aromatic heterocycles. The van der Waals surface area contributed by atoms with Gasteiger partial charge in [-0.05, 0) is 141 Å². The number of carboxylic acid groups (broad SMARTS) is 1. The predicted octanol–water partition coefficient (Wildman–Crippen LogP) is 10.4. The molecule has 0 amide bonds. The third-order valence-corrected chi connectivity index (χ3v) is 12.5. The number of nitrogens with zero attached hydrogens (tertiary/aromatic N) is 2. The zero-order valence-corrected chi connectivity index (χ0v) is 33.1. The number of carboxylic acids is 1. The highest BCUT2D eigenvalue weighted by atomic mass is 32.2. The van der Waals surface area contributed by atoms with E-state index in [9.17, 15) is 9.90 Å². The Hall–Kier alpha value is -3.43. The van der Waals surface area contributed by atoms with Crippen LogP contribution in [0.3, 0.4) is 0 Å². The Labute approximate surface area is 319 Å². The monoisotopic (exact) mass is 738 g/mol. The summed E-state index contributed by atoms with van der Waals surface area (Å²) in [4.78, 5) is 18.8. The molecule has 2 aliphatic heterocycles. The van der Waals surface area contributed by atoms with Crippen molar-refractivity contribution in [2.75, 3.05) is 25.6 Å². The minimum atomic E-state index is -0.721. The van der Waals surface area contributed by atoms with Crippen molar-refractivity contribution < 1.29 is 19.4 Å². The van der Waals surface area contributed by atoms with E-state index in [2.05, 4.69) is 110 Å². The van der Waals surface area contributed by atoms with Crippen LogP contribution in [0.5, 0.6) is 11.5 Å². The molecular formula is C44H54N2O4S2. The lowest BCUT2D eigenvalue weighted by Crippen LogP contribution is -2.43. The van der Waals surface area contributed by atoms with Crippen molar-refractivity contribution in [1.82, 2.24) is 9.80 Å². The fraction of sp³-hybridized carbons (Fsp3) is 0.432. The number of rotatable bonds is 14. The van der Waals surface area contributed by atoms with Crippen LogP contribution in [0.25, 0.3) is 11.1 Å². The van der Waals surface area contributed by atoms with Gasteiger partial charge in [-0.15, -0.1) is 23.5 Å². The molecule has 0 aliphatic carbocycles. The first-order chi connectivity index (χ1) is 25.2. The SMILES string of the molecule is CSc1cc(CN2CCCC[C@H]2C)ccc1OCc1cccc(-c2cccc(COc3ccc(CN4CCCC[C@H]4C(=O)O)cc3SC)c2C)c1C. The summed E-state index contributed by atoms with van der Waals surface area (Å²) < 4.78 is 13.0. The number of aliphatic carboxylic acids is 1. The second-order valence-electron chi connectivity index (χ2n) is 14.4. The Kier molecular flexibility index (Phi) is 13.3. The summed E-state index contributed by atoms with van der Waals surface area (Å²) >= 11 is 3.41. The number of hydrogen-bond acceptors (Lipinski definition) is 7. The average Bonchev–Trinajstić information content (AvgIpc) is 3.15. The summed E-state index contributed by atoms with van der Waals surface area (Å²) in [7, 11) is 0. The quantitative estimate of drug-likeness (QED) is 0.128. The van der Waals surface area contributed by atoms with E-state index in [0.29, 0.717) is 32.2 Å². The number of ether oxygens (including phenoxy) is 2. The lowest BCUT2D eigenvalue weighted by molar-refractivity contribution is -0.144. The number of benzene rings is 4. The average molecular weight is 739 g/mol. The van der Waals surface area contributed by atoms with E-state index in [-0.39, 0.29) is 0 Å². The standard InChI is InChI=1S/C44H54N2O4S2/c1-30-12-6-8-22-45(30)26-33-18-20-40(42(24-33)51-4)49-28-35-13-10-15-37(31(35)2)38-16-11-14-36(32(38)3)29-50-41-21-19-34(25-43(41)52-5)27-46-23-9-7-17-39(46)44(47)48/h10-11,13-16,18-21,24-25,30,39H,6-9,12,17,22-23,26-29H2,1-5H3,(H,47,48)/t30-,39+/m1/s1. The number of thioether (sulfide) groups is 2. The minimum absolute atomic E-state index is 0.404. The molecule has 8 heteroatoms. The number of piperidine rings is 2. The van der Waals surface area contributed by atoms with Crippen molar-refractivity contribution in [3.05, 3.63) is 106 Å². The summed E-state index contributed by atoms with van der Waals surface area (Å²) in [6.07, 6.45) is 10.9. The van der Waals surface area contributed by atoms with Crippen LogP contribution in [-0.2, 0) is 31.1 Å². The summed E-state index contributed by atoms with van der Waals surface area (Å²) in [5, 5.41) is 9.72. The van der Waals surface area contributed by atoms with E-state index in [0.717, 1.165) is 53.5 Å². The van der Waals surface area contributed by atoms with Crippen LogP contribution in [0.15, 0.2) is 82.6 Å². The van der Waals surface area contributed by atoms with E-state index < -0.39 is 12.0 Å². The number of carbonyl (C=O) groups is 1. The van der Waals surface area contributed by atoms with Gasteiger partial charge in [0.05, 0.1) is 0 Å². The molecule has 276 valence electrons. The Morgan fingerprint density at radius 2 is 1.21 bits per heavy atom. The second kappa shape index (κ2) is 18.1. The third-order valence-electron chi connectivity index (χ3n) is 11.0. The zero-order chi connectivity index (χ0) is 36.6. The number of likely N-dealkylation sites (tertiary alicyclic amines) is 2. The van der Waals surface area contributed by atoms with E-state index in [1.165, 1.54) is 64.1 Å². The van der Waals surface area contributed by atoms with Crippen molar-refractivity contribution in [3.63, 3.8) is 0 Å². The Morgan fingerprint density at radius 3 is 1.71 bits per heavy atom. The first-order valence-electron chi connectivity index (χ1n) is 18.7. The molecule has 52 heavy (non-hydrogen) atoms. The summed E-state index contributed by atoms with van der Waals surface area (Å²) in [6.45, 7) is 11.4. The van der Waals surface area contributed by atoms with E-state index in [4.69, 9.17) is 9.47 Å². The van der Waals surface area contributed by atoms with Crippen LogP contribution in [0, 0.1) is 13.8 Å². The van der Waals surface area contributed by atoms with Crippen molar-refractivity contribution >= 4 is 29.5 Å². The van der Waals surface area contributed by atoms with Gasteiger partial charge in [0, 0.05) is 28.9 Å². The highest BCUT2D eigenvalue weighted by Crippen LogP contribution is 2.35. The molecule has 4 aromatic carbocycles. The lowest BCUT2D eigenvalue weighted by Gasteiger charge is -2.33. The molecule has 0 unspecified atom stereocenters. The van der Waals surface area contributed by atoms with Crippen LogP contribution in [0.2, 0.25) is 0 Å². The molecule has 2 heterocycles. The van der Waals surface area contributed by atoms with Gasteiger partial charge in [-0.25, -0.2) is 0 Å². The molecular weight excluding hydrogens is 685 g/mol. The maximum absolute atomic E-state index is 11.8. The topological polar surface area (TPSA) is 62.2 Å². The Morgan fingerprint density at radius 1 is 0.712 bits per heavy atom. The highest BCUT2D eigenvalue weighted by Gasteiger charge is 2.28. The normalized spacial score (nSPS) is 18.3.